The maximum Gasteiger partial charge on any atom is 0.145 e. The van der Waals surface area contributed by atoms with Crippen molar-refractivity contribution < 1.29 is 4.74 Å². The third-order valence-electron chi connectivity index (χ3n) is 2.82. The average molecular weight is 412 g/mol. The monoisotopic (exact) mass is 411 g/mol. The number of aromatic nitrogens is 2. The van der Waals surface area contributed by atoms with Crippen LogP contribution in [0.15, 0.2) is 12.5 Å². The van der Waals surface area contributed by atoms with Gasteiger partial charge in [0.25, 0.3) is 0 Å². The highest BCUT2D eigenvalue weighted by molar-refractivity contribution is 14.1. The number of piperidine rings is 1. The van der Waals surface area contributed by atoms with Crippen molar-refractivity contribution in [3.63, 3.8) is 0 Å². The van der Waals surface area contributed by atoms with E-state index in [0.717, 1.165) is 47.3 Å². The largest absolute Gasteiger partial charge is 0.377 e. The summed E-state index contributed by atoms with van der Waals surface area (Å²) in [5, 5.41) is 0.914. The van der Waals surface area contributed by atoms with Crippen LogP contribution in [0.4, 0.5) is 5.82 Å². The first-order valence-electron chi connectivity index (χ1n) is 5.69. The number of ether oxygens (including phenoxy) is 1. The van der Waals surface area contributed by atoms with Crippen LogP contribution in [-0.4, -0.2) is 41.1 Å². The molecule has 94 valence electrons. The van der Waals surface area contributed by atoms with Crippen molar-refractivity contribution in [3.8, 4) is 0 Å². The Labute approximate surface area is 123 Å². The molecule has 1 aromatic heterocycles. The van der Waals surface area contributed by atoms with Gasteiger partial charge < -0.3 is 9.64 Å². The third kappa shape index (κ3) is 3.75. The number of nitrogens with zero attached hydrogens (tertiary/aromatic N) is 3. The normalized spacial score (nSPS) is 17.4. The topological polar surface area (TPSA) is 38.2 Å². The van der Waals surface area contributed by atoms with Crippen LogP contribution in [0.3, 0.4) is 0 Å². The summed E-state index contributed by atoms with van der Waals surface area (Å²) in [6.07, 6.45) is 6.03. The molecule has 1 fully saturated rings. The van der Waals surface area contributed by atoms with Gasteiger partial charge in [-0.05, 0) is 35.4 Å². The molecule has 17 heavy (non-hydrogen) atoms. The quantitative estimate of drug-likeness (QED) is 0.563. The van der Waals surface area contributed by atoms with Gasteiger partial charge in [0.2, 0.25) is 0 Å². The van der Waals surface area contributed by atoms with Gasteiger partial charge in [-0.15, -0.1) is 0 Å². The minimum Gasteiger partial charge on any atom is -0.377 e. The Hall–Kier alpha value is 0.0500. The third-order valence-corrected chi connectivity index (χ3v) is 3.91. The van der Waals surface area contributed by atoms with Crippen molar-refractivity contribution in [2.24, 2.45) is 0 Å². The Bertz CT molecular complexity index is 358. The number of anilines is 1. The zero-order valence-electron chi connectivity index (χ0n) is 9.48. The fourth-order valence-corrected chi connectivity index (χ4v) is 2.81. The van der Waals surface area contributed by atoms with Gasteiger partial charge >= 0.3 is 0 Å². The maximum absolute atomic E-state index is 5.74. The summed E-state index contributed by atoms with van der Waals surface area (Å²) in [6.45, 7) is 2.83. The summed E-state index contributed by atoms with van der Waals surface area (Å²) in [7, 11) is 0. The lowest BCUT2D eigenvalue weighted by molar-refractivity contribution is 0.0480. The van der Waals surface area contributed by atoms with E-state index >= 15 is 0 Å². The van der Waals surface area contributed by atoms with Gasteiger partial charge in [0.05, 0.1) is 16.3 Å². The molecule has 1 aromatic rings. The van der Waals surface area contributed by atoms with E-state index in [-0.39, 0.29) is 0 Å². The predicted molar refractivity (Wildman–Crippen MR) is 79.7 cm³/mol. The van der Waals surface area contributed by atoms with E-state index in [1.807, 2.05) is 6.20 Å². The van der Waals surface area contributed by atoms with Crippen molar-refractivity contribution >= 4 is 44.3 Å². The minimum absolute atomic E-state index is 0.406. The standard InChI is InChI=1S/C11H15BrIN3O/c12-3-6-17-9-1-4-16(5-2-9)11-10(13)7-14-8-15-11/h7-9H,1-6H2. The molecule has 0 aromatic carbocycles. The van der Waals surface area contributed by atoms with E-state index in [0.29, 0.717) is 6.10 Å². The molecular formula is C11H15BrIN3O. The second-order valence-corrected chi connectivity index (χ2v) is 5.90. The van der Waals surface area contributed by atoms with E-state index in [1.54, 1.807) is 6.33 Å². The minimum atomic E-state index is 0.406. The fraction of sp³-hybridized carbons (Fsp3) is 0.636. The second-order valence-electron chi connectivity index (χ2n) is 3.94. The molecule has 0 radical (unpaired) electrons. The molecule has 2 rings (SSSR count). The molecule has 0 aliphatic carbocycles. The molecule has 0 N–H and O–H groups in total. The number of hydrogen-bond acceptors (Lipinski definition) is 4. The average Bonchev–Trinajstić information content (AvgIpc) is 2.38. The summed E-state index contributed by atoms with van der Waals surface area (Å²) in [4.78, 5) is 10.7. The van der Waals surface area contributed by atoms with Gasteiger partial charge in [-0.2, -0.15) is 0 Å². The molecule has 1 aliphatic heterocycles. The van der Waals surface area contributed by atoms with Crippen molar-refractivity contribution in [2.75, 3.05) is 29.9 Å². The number of rotatable bonds is 4. The summed E-state index contributed by atoms with van der Waals surface area (Å²) in [5.41, 5.74) is 0. The lowest BCUT2D eigenvalue weighted by Crippen LogP contribution is -2.38. The SMILES string of the molecule is BrCCOC1CCN(c2ncncc2I)CC1. The van der Waals surface area contributed by atoms with Crippen molar-refractivity contribution in [1.82, 2.24) is 9.97 Å². The molecule has 0 atom stereocenters. The van der Waals surface area contributed by atoms with Crippen LogP contribution in [0.2, 0.25) is 0 Å². The Kier molecular flexibility index (Phi) is 5.43. The Balaban J connectivity index is 1.89. The van der Waals surface area contributed by atoms with Crippen LogP contribution in [0.1, 0.15) is 12.8 Å². The first kappa shape index (κ1) is 13.5. The van der Waals surface area contributed by atoms with Crippen LogP contribution in [0.25, 0.3) is 0 Å². The van der Waals surface area contributed by atoms with E-state index in [9.17, 15) is 0 Å². The van der Waals surface area contributed by atoms with Gasteiger partial charge in [0, 0.05) is 24.6 Å². The van der Waals surface area contributed by atoms with Crippen LogP contribution in [0, 0.1) is 3.57 Å². The second kappa shape index (κ2) is 6.84. The zero-order chi connectivity index (χ0) is 12.1. The first-order chi connectivity index (χ1) is 8.31. The van der Waals surface area contributed by atoms with Crippen LogP contribution in [0.5, 0.6) is 0 Å². The van der Waals surface area contributed by atoms with Gasteiger partial charge in [0.15, 0.2) is 0 Å². The van der Waals surface area contributed by atoms with E-state index in [4.69, 9.17) is 4.74 Å². The van der Waals surface area contributed by atoms with E-state index in [2.05, 4.69) is 53.4 Å². The molecule has 1 saturated heterocycles. The summed E-state index contributed by atoms with van der Waals surface area (Å²) in [6, 6.07) is 0. The van der Waals surface area contributed by atoms with Crippen molar-refractivity contribution in [2.45, 2.75) is 18.9 Å². The van der Waals surface area contributed by atoms with Crippen LogP contribution in [-0.2, 0) is 4.74 Å². The highest BCUT2D eigenvalue weighted by atomic mass is 127. The fourth-order valence-electron chi connectivity index (χ4n) is 1.98. The van der Waals surface area contributed by atoms with Gasteiger partial charge in [0.1, 0.15) is 12.1 Å². The first-order valence-corrected chi connectivity index (χ1v) is 7.89. The predicted octanol–water partition coefficient (Wildman–Crippen LogP) is 2.46. The zero-order valence-corrected chi connectivity index (χ0v) is 13.2. The lowest BCUT2D eigenvalue weighted by Gasteiger charge is -2.32. The number of hydrogen-bond donors (Lipinski definition) is 0. The van der Waals surface area contributed by atoms with Gasteiger partial charge in [-0.3, -0.25) is 0 Å². The molecule has 0 saturated carbocycles. The van der Waals surface area contributed by atoms with E-state index in [1.165, 1.54) is 0 Å². The van der Waals surface area contributed by atoms with Crippen LogP contribution >= 0.6 is 38.5 Å². The summed E-state index contributed by atoms with van der Waals surface area (Å²) >= 11 is 5.67. The van der Waals surface area contributed by atoms with E-state index < -0.39 is 0 Å². The van der Waals surface area contributed by atoms with Crippen LogP contribution < -0.4 is 4.90 Å². The number of halogens is 2. The Morgan fingerprint density at radius 2 is 2.24 bits per heavy atom. The number of alkyl halides is 1. The summed E-state index contributed by atoms with van der Waals surface area (Å²) in [5.74, 6) is 1.06. The molecule has 6 heteroatoms. The molecule has 1 aliphatic rings. The molecule has 0 bridgehead atoms. The lowest BCUT2D eigenvalue weighted by atomic mass is 10.1. The molecule has 4 nitrogen and oxygen atoms in total. The molecule has 0 unspecified atom stereocenters. The molecule has 0 spiro atoms. The Morgan fingerprint density at radius 1 is 1.47 bits per heavy atom. The van der Waals surface area contributed by atoms with Gasteiger partial charge in [-0.1, -0.05) is 15.9 Å². The maximum atomic E-state index is 5.74. The molecule has 0 amide bonds. The Morgan fingerprint density at radius 3 is 2.88 bits per heavy atom. The molecular weight excluding hydrogens is 397 g/mol. The smallest absolute Gasteiger partial charge is 0.145 e. The highest BCUT2D eigenvalue weighted by Crippen LogP contribution is 2.23. The van der Waals surface area contributed by atoms with Crippen molar-refractivity contribution in [3.05, 3.63) is 16.1 Å². The van der Waals surface area contributed by atoms with Gasteiger partial charge in [-0.25, -0.2) is 9.97 Å². The highest BCUT2D eigenvalue weighted by Gasteiger charge is 2.21. The molecule has 2 heterocycles. The summed E-state index contributed by atoms with van der Waals surface area (Å²) < 4.78 is 6.85. The van der Waals surface area contributed by atoms with Crippen molar-refractivity contribution in [1.29, 1.82) is 0 Å².